The quantitative estimate of drug-likeness (QED) is 0.253. The number of ether oxygens (including phenoxy) is 3. The fourth-order valence-electron chi connectivity index (χ4n) is 3.71. The summed E-state index contributed by atoms with van der Waals surface area (Å²) in [6, 6.07) is 14.8. The van der Waals surface area contributed by atoms with E-state index in [1.165, 1.54) is 38.7 Å². The summed E-state index contributed by atoms with van der Waals surface area (Å²) in [5, 5.41) is 2.89. The van der Waals surface area contributed by atoms with E-state index in [0.29, 0.717) is 51.1 Å². The van der Waals surface area contributed by atoms with Crippen LogP contribution in [0.2, 0.25) is 5.02 Å². The van der Waals surface area contributed by atoms with Crippen molar-refractivity contribution in [1.29, 1.82) is 0 Å². The van der Waals surface area contributed by atoms with E-state index in [0.717, 1.165) is 0 Å². The Morgan fingerprint density at radius 1 is 0.868 bits per heavy atom. The van der Waals surface area contributed by atoms with Crippen molar-refractivity contribution in [1.82, 2.24) is 9.97 Å². The average Bonchev–Trinajstić information content (AvgIpc) is 3.66. The number of furan rings is 2. The lowest BCUT2D eigenvalue weighted by molar-refractivity contribution is -0.119. The van der Waals surface area contributed by atoms with Crippen LogP contribution >= 0.6 is 11.6 Å². The van der Waals surface area contributed by atoms with Crippen molar-refractivity contribution in [2.75, 3.05) is 26.1 Å². The van der Waals surface area contributed by atoms with Crippen LogP contribution in [0.5, 0.6) is 11.5 Å². The predicted octanol–water partition coefficient (Wildman–Crippen LogP) is 5.62. The summed E-state index contributed by atoms with van der Waals surface area (Å²) >= 11 is 6.14. The van der Waals surface area contributed by atoms with E-state index in [2.05, 4.69) is 15.3 Å². The van der Waals surface area contributed by atoms with Crippen molar-refractivity contribution in [2.45, 2.75) is 0 Å². The molecule has 38 heavy (non-hydrogen) atoms. The highest BCUT2D eigenvalue weighted by molar-refractivity contribution is 6.32. The third kappa shape index (κ3) is 5.02. The maximum Gasteiger partial charge on any atom is 0.338 e. The second kappa shape index (κ2) is 10.7. The van der Waals surface area contributed by atoms with Gasteiger partial charge in [0.25, 0.3) is 5.91 Å². The van der Waals surface area contributed by atoms with Crippen LogP contribution in [0.1, 0.15) is 10.4 Å². The highest BCUT2D eigenvalue weighted by Crippen LogP contribution is 2.36. The molecule has 0 aliphatic rings. The normalized spacial score (nSPS) is 10.8. The van der Waals surface area contributed by atoms with Gasteiger partial charge in [0.15, 0.2) is 18.1 Å². The molecule has 5 rings (SSSR count). The number of esters is 1. The molecule has 0 atom stereocenters. The molecule has 0 aliphatic carbocycles. The molecule has 2 aromatic carbocycles. The molecule has 0 spiro atoms. The van der Waals surface area contributed by atoms with Crippen molar-refractivity contribution >= 4 is 40.2 Å². The zero-order chi connectivity index (χ0) is 26.6. The number of anilines is 1. The van der Waals surface area contributed by atoms with Gasteiger partial charge in [0.2, 0.25) is 0 Å². The van der Waals surface area contributed by atoms with E-state index in [-0.39, 0.29) is 10.6 Å². The second-order valence-electron chi connectivity index (χ2n) is 7.89. The fraction of sp³-hybridized carbons (Fsp3) is 0.111. The Kier molecular flexibility index (Phi) is 6.96. The van der Waals surface area contributed by atoms with E-state index in [9.17, 15) is 9.59 Å². The van der Waals surface area contributed by atoms with Gasteiger partial charge in [0.1, 0.15) is 22.9 Å². The number of methoxy groups -OCH3 is 2. The number of nitrogens with zero attached hydrogens (tertiary/aromatic N) is 2. The Morgan fingerprint density at radius 2 is 1.53 bits per heavy atom. The Morgan fingerprint density at radius 3 is 2.13 bits per heavy atom. The Labute approximate surface area is 221 Å². The first kappa shape index (κ1) is 24.8. The standard InChI is InChI=1S/C27H20ClN3O7/c1-34-22-13-23(35-2)19(12-16(22)28)29-24(32)14-38-27(33)15-7-8-17-18(11-15)31-26(21-6-4-10-37-21)25(30-17)20-5-3-9-36-20/h3-13H,14H2,1-2H3,(H,29,32). The fourth-order valence-corrected chi connectivity index (χ4v) is 3.95. The summed E-state index contributed by atoms with van der Waals surface area (Å²) in [5.41, 5.74) is 2.42. The molecular formula is C27H20ClN3O7. The summed E-state index contributed by atoms with van der Waals surface area (Å²) in [7, 11) is 2.91. The van der Waals surface area contributed by atoms with Gasteiger partial charge < -0.3 is 28.4 Å². The van der Waals surface area contributed by atoms with Gasteiger partial charge in [0, 0.05) is 6.07 Å². The van der Waals surface area contributed by atoms with Crippen LogP contribution in [-0.4, -0.2) is 42.7 Å². The minimum Gasteiger partial charge on any atom is -0.495 e. The van der Waals surface area contributed by atoms with Gasteiger partial charge in [-0.3, -0.25) is 4.79 Å². The smallest absolute Gasteiger partial charge is 0.338 e. The molecule has 3 aromatic heterocycles. The van der Waals surface area contributed by atoms with Crippen LogP contribution in [-0.2, 0) is 9.53 Å². The molecule has 192 valence electrons. The number of fused-ring (bicyclic) bond motifs is 1. The van der Waals surface area contributed by atoms with Crippen molar-refractivity contribution in [2.24, 2.45) is 0 Å². The maximum atomic E-state index is 12.7. The molecule has 0 aliphatic heterocycles. The zero-order valence-electron chi connectivity index (χ0n) is 20.2. The first-order chi connectivity index (χ1) is 18.5. The summed E-state index contributed by atoms with van der Waals surface area (Å²) in [4.78, 5) is 34.5. The van der Waals surface area contributed by atoms with Crippen LogP contribution in [0.25, 0.3) is 33.9 Å². The molecule has 11 heteroatoms. The first-order valence-electron chi connectivity index (χ1n) is 11.2. The zero-order valence-corrected chi connectivity index (χ0v) is 20.9. The molecule has 1 amide bonds. The highest BCUT2D eigenvalue weighted by Gasteiger charge is 2.19. The molecule has 10 nitrogen and oxygen atoms in total. The Hall–Kier alpha value is -4.83. The number of amides is 1. The van der Waals surface area contributed by atoms with E-state index in [1.807, 2.05) is 0 Å². The third-order valence-electron chi connectivity index (χ3n) is 5.49. The van der Waals surface area contributed by atoms with E-state index >= 15 is 0 Å². The van der Waals surface area contributed by atoms with Crippen LogP contribution in [0.3, 0.4) is 0 Å². The predicted molar refractivity (Wildman–Crippen MR) is 138 cm³/mol. The van der Waals surface area contributed by atoms with Gasteiger partial charge >= 0.3 is 5.97 Å². The van der Waals surface area contributed by atoms with E-state index < -0.39 is 18.5 Å². The van der Waals surface area contributed by atoms with Crippen molar-refractivity contribution in [3.63, 3.8) is 0 Å². The molecule has 0 unspecified atom stereocenters. The first-order valence-corrected chi connectivity index (χ1v) is 11.6. The monoisotopic (exact) mass is 533 g/mol. The number of aromatic nitrogens is 2. The number of carbonyl (C=O) groups is 2. The van der Waals surface area contributed by atoms with E-state index in [4.69, 9.17) is 34.6 Å². The SMILES string of the molecule is COc1cc(OC)c(NC(=O)COC(=O)c2ccc3nc(-c4ccco4)c(-c4ccco4)nc3c2)cc1Cl. The van der Waals surface area contributed by atoms with Gasteiger partial charge in [0.05, 0.1) is 54.1 Å². The average molecular weight is 534 g/mol. The lowest BCUT2D eigenvalue weighted by Crippen LogP contribution is -2.21. The maximum absolute atomic E-state index is 12.7. The minimum atomic E-state index is -0.710. The molecule has 0 fully saturated rings. The summed E-state index contributed by atoms with van der Waals surface area (Å²) in [6.45, 7) is -0.537. The number of halogens is 1. The number of hydrogen-bond donors (Lipinski definition) is 1. The van der Waals surface area contributed by atoms with Gasteiger partial charge in [-0.05, 0) is 48.5 Å². The molecule has 0 saturated carbocycles. The lowest BCUT2D eigenvalue weighted by Gasteiger charge is -2.13. The van der Waals surface area contributed by atoms with Gasteiger partial charge in [-0.1, -0.05) is 11.6 Å². The topological polar surface area (TPSA) is 126 Å². The summed E-state index contributed by atoms with van der Waals surface area (Å²) in [5.74, 6) is 0.443. The van der Waals surface area contributed by atoms with Gasteiger partial charge in [-0.2, -0.15) is 0 Å². The molecule has 0 bridgehead atoms. The number of nitrogens with one attached hydrogen (secondary N) is 1. The largest absolute Gasteiger partial charge is 0.495 e. The summed E-state index contributed by atoms with van der Waals surface area (Å²) in [6.07, 6.45) is 3.07. The van der Waals surface area contributed by atoms with Crippen LogP contribution in [0, 0.1) is 0 Å². The number of rotatable bonds is 8. The van der Waals surface area contributed by atoms with Gasteiger partial charge in [-0.15, -0.1) is 0 Å². The second-order valence-corrected chi connectivity index (χ2v) is 8.30. The highest BCUT2D eigenvalue weighted by atomic mass is 35.5. The van der Waals surface area contributed by atoms with E-state index in [1.54, 1.807) is 42.7 Å². The lowest BCUT2D eigenvalue weighted by atomic mass is 10.1. The molecule has 0 radical (unpaired) electrons. The Bertz CT molecular complexity index is 1620. The van der Waals surface area contributed by atoms with Crippen molar-refractivity contribution in [3.05, 3.63) is 77.7 Å². The molecule has 0 saturated heterocycles. The molecule has 1 N–H and O–H groups in total. The number of carbonyl (C=O) groups excluding carboxylic acids is 2. The Balaban J connectivity index is 1.34. The molecule has 5 aromatic rings. The van der Waals surface area contributed by atoms with Crippen LogP contribution < -0.4 is 14.8 Å². The van der Waals surface area contributed by atoms with Gasteiger partial charge in [-0.25, -0.2) is 14.8 Å². The number of benzene rings is 2. The van der Waals surface area contributed by atoms with Crippen LogP contribution in [0.4, 0.5) is 5.69 Å². The number of hydrogen-bond acceptors (Lipinski definition) is 9. The minimum absolute atomic E-state index is 0.195. The summed E-state index contributed by atoms with van der Waals surface area (Å²) < 4.78 is 26.7. The van der Waals surface area contributed by atoms with Crippen molar-refractivity contribution < 1.29 is 32.6 Å². The molecular weight excluding hydrogens is 514 g/mol. The van der Waals surface area contributed by atoms with Crippen molar-refractivity contribution in [3.8, 4) is 34.4 Å². The van der Waals surface area contributed by atoms with Crippen LogP contribution in [0.15, 0.2) is 76.0 Å². The molecule has 3 heterocycles. The third-order valence-corrected chi connectivity index (χ3v) is 5.79.